The zero-order valence-corrected chi connectivity index (χ0v) is 15.1. The Morgan fingerprint density at radius 2 is 2.14 bits per heavy atom. The van der Waals surface area contributed by atoms with Gasteiger partial charge in [0.05, 0.1) is 11.5 Å². The quantitative estimate of drug-likeness (QED) is 0.736. The van der Waals surface area contributed by atoms with E-state index in [1.54, 1.807) is 23.3 Å². The van der Waals surface area contributed by atoms with Crippen molar-refractivity contribution in [2.24, 2.45) is 0 Å². The lowest BCUT2D eigenvalue weighted by Gasteiger charge is -2.31. The first-order chi connectivity index (χ1) is 13.6. The molecule has 0 bridgehead atoms. The van der Waals surface area contributed by atoms with Gasteiger partial charge in [0.1, 0.15) is 17.8 Å². The number of hydrogen-bond donors (Lipinski definition) is 0. The molecule has 5 nitrogen and oxygen atoms in total. The number of halogens is 2. The highest BCUT2D eigenvalue weighted by molar-refractivity contribution is 5.94. The van der Waals surface area contributed by atoms with Crippen molar-refractivity contribution in [3.63, 3.8) is 0 Å². The molecule has 4 rings (SSSR count). The first kappa shape index (κ1) is 18.3. The highest BCUT2D eigenvalue weighted by Crippen LogP contribution is 2.30. The van der Waals surface area contributed by atoms with E-state index in [1.807, 2.05) is 0 Å². The zero-order valence-electron chi connectivity index (χ0n) is 15.1. The Morgan fingerprint density at radius 1 is 1.25 bits per heavy atom. The molecular weight excluding hydrogens is 364 g/mol. The molecule has 1 saturated heterocycles. The number of oxazole rings is 1. The third kappa shape index (κ3) is 3.93. The van der Waals surface area contributed by atoms with Crippen molar-refractivity contribution in [2.75, 3.05) is 13.1 Å². The highest BCUT2D eigenvalue weighted by atomic mass is 19.1. The lowest BCUT2D eigenvalue weighted by atomic mass is 9.97. The SMILES string of the molecule is O=C(c1ccc(F)nc1)N1CCC[C@H](c2nc(C3=CC=C(F)C=CC3)co2)C1. The number of rotatable bonds is 3. The minimum absolute atomic E-state index is 0.0194. The van der Waals surface area contributed by atoms with E-state index in [9.17, 15) is 13.6 Å². The summed E-state index contributed by atoms with van der Waals surface area (Å²) in [6, 6.07) is 2.62. The molecule has 28 heavy (non-hydrogen) atoms. The third-order valence-corrected chi connectivity index (χ3v) is 4.94. The standard InChI is InChI=1S/C21H19F2N3O2/c22-17-5-1-3-14(6-8-17)18-13-28-20(25-18)16-4-2-10-26(12-16)21(27)15-7-9-19(23)24-11-15/h1,5-9,11,13,16H,2-4,10,12H2/t16-/m0/s1. The summed E-state index contributed by atoms with van der Waals surface area (Å²) in [4.78, 5) is 22.5. The second kappa shape index (κ2) is 7.88. The van der Waals surface area contributed by atoms with Crippen LogP contribution in [0.4, 0.5) is 8.78 Å². The van der Waals surface area contributed by atoms with Gasteiger partial charge in [0.15, 0.2) is 5.89 Å². The Kier molecular flexibility index (Phi) is 5.14. The number of carbonyl (C=O) groups excluding carboxylic acids is 1. The van der Waals surface area contributed by atoms with Gasteiger partial charge in [-0.2, -0.15) is 4.39 Å². The predicted octanol–water partition coefficient (Wildman–Crippen LogP) is 4.43. The predicted molar refractivity (Wildman–Crippen MR) is 99.5 cm³/mol. The van der Waals surface area contributed by atoms with E-state index in [2.05, 4.69) is 9.97 Å². The van der Waals surface area contributed by atoms with E-state index in [0.717, 1.165) is 18.4 Å². The van der Waals surface area contributed by atoms with E-state index < -0.39 is 5.95 Å². The van der Waals surface area contributed by atoms with Crippen LogP contribution in [0.5, 0.6) is 0 Å². The second-order valence-corrected chi connectivity index (χ2v) is 6.88. The molecule has 0 saturated carbocycles. The van der Waals surface area contributed by atoms with Crippen LogP contribution in [0, 0.1) is 5.95 Å². The number of piperidine rings is 1. The normalized spacial score (nSPS) is 19.8. The van der Waals surface area contributed by atoms with Crippen LogP contribution in [0.15, 0.2) is 59.1 Å². The second-order valence-electron chi connectivity index (χ2n) is 6.88. The Morgan fingerprint density at radius 3 is 2.96 bits per heavy atom. The van der Waals surface area contributed by atoms with Crippen molar-refractivity contribution >= 4 is 11.5 Å². The van der Waals surface area contributed by atoms with Gasteiger partial charge in [-0.3, -0.25) is 4.79 Å². The molecular formula is C21H19F2N3O2. The molecule has 1 atom stereocenters. The Bertz CT molecular complexity index is 960. The molecule has 0 N–H and O–H groups in total. The summed E-state index contributed by atoms with van der Waals surface area (Å²) in [6.07, 6.45) is 11.4. The molecule has 2 aliphatic rings. The van der Waals surface area contributed by atoms with Crippen LogP contribution in [0.1, 0.15) is 47.1 Å². The third-order valence-electron chi connectivity index (χ3n) is 4.94. The highest BCUT2D eigenvalue weighted by Gasteiger charge is 2.28. The number of hydrogen-bond acceptors (Lipinski definition) is 4. The topological polar surface area (TPSA) is 59.2 Å². The van der Waals surface area contributed by atoms with E-state index in [0.29, 0.717) is 36.7 Å². The molecule has 2 aromatic rings. The van der Waals surface area contributed by atoms with Crippen LogP contribution in [-0.2, 0) is 0 Å². The molecule has 3 heterocycles. The van der Waals surface area contributed by atoms with E-state index in [4.69, 9.17) is 4.42 Å². The van der Waals surface area contributed by atoms with E-state index in [-0.39, 0.29) is 17.7 Å². The van der Waals surface area contributed by atoms with Crippen molar-refractivity contribution in [3.8, 4) is 0 Å². The number of carbonyl (C=O) groups is 1. The minimum Gasteiger partial charge on any atom is -0.448 e. The summed E-state index contributed by atoms with van der Waals surface area (Å²) in [5.74, 6) is -0.535. The van der Waals surface area contributed by atoms with Crippen LogP contribution in [0.3, 0.4) is 0 Å². The van der Waals surface area contributed by atoms with Gasteiger partial charge in [-0.25, -0.2) is 14.4 Å². The van der Waals surface area contributed by atoms with Crippen molar-refractivity contribution in [2.45, 2.75) is 25.2 Å². The van der Waals surface area contributed by atoms with Gasteiger partial charge in [0, 0.05) is 19.3 Å². The van der Waals surface area contributed by atoms with Gasteiger partial charge in [-0.05, 0) is 49.1 Å². The van der Waals surface area contributed by atoms with Gasteiger partial charge < -0.3 is 9.32 Å². The molecule has 7 heteroatoms. The molecule has 1 aliphatic heterocycles. The van der Waals surface area contributed by atoms with E-state index in [1.165, 1.54) is 30.5 Å². The number of amides is 1. The van der Waals surface area contributed by atoms with Gasteiger partial charge in [-0.1, -0.05) is 12.2 Å². The van der Waals surface area contributed by atoms with Crippen LogP contribution in [0.2, 0.25) is 0 Å². The van der Waals surface area contributed by atoms with Gasteiger partial charge >= 0.3 is 0 Å². The van der Waals surface area contributed by atoms with Crippen molar-refractivity contribution in [1.82, 2.24) is 14.9 Å². The maximum absolute atomic E-state index is 13.3. The molecule has 0 spiro atoms. The molecule has 1 aliphatic carbocycles. The fraction of sp³-hybridized carbons (Fsp3) is 0.286. The summed E-state index contributed by atoms with van der Waals surface area (Å²) in [7, 11) is 0. The van der Waals surface area contributed by atoms with Crippen LogP contribution < -0.4 is 0 Å². The van der Waals surface area contributed by atoms with Crippen molar-refractivity contribution in [3.05, 3.63) is 77.8 Å². The van der Waals surface area contributed by atoms with Crippen molar-refractivity contribution < 1.29 is 18.0 Å². The number of pyridine rings is 1. The Balaban J connectivity index is 1.48. The summed E-state index contributed by atoms with van der Waals surface area (Å²) < 4.78 is 32.0. The average molecular weight is 383 g/mol. The number of aromatic nitrogens is 2. The van der Waals surface area contributed by atoms with E-state index >= 15 is 0 Å². The fourth-order valence-corrected chi connectivity index (χ4v) is 3.46. The zero-order chi connectivity index (χ0) is 19.5. The van der Waals surface area contributed by atoms with Crippen molar-refractivity contribution in [1.29, 1.82) is 0 Å². The van der Waals surface area contributed by atoms with Gasteiger partial charge in [0.25, 0.3) is 5.91 Å². The lowest BCUT2D eigenvalue weighted by Crippen LogP contribution is -2.39. The maximum Gasteiger partial charge on any atom is 0.255 e. The summed E-state index contributed by atoms with van der Waals surface area (Å²) >= 11 is 0. The summed E-state index contributed by atoms with van der Waals surface area (Å²) in [6.45, 7) is 1.10. The molecule has 0 unspecified atom stereocenters. The van der Waals surface area contributed by atoms with Gasteiger partial charge in [-0.15, -0.1) is 0 Å². The van der Waals surface area contributed by atoms with Crippen LogP contribution in [0.25, 0.3) is 5.57 Å². The number of allylic oxidation sites excluding steroid dienone is 6. The summed E-state index contributed by atoms with van der Waals surface area (Å²) in [5, 5.41) is 0. The molecule has 0 radical (unpaired) electrons. The smallest absolute Gasteiger partial charge is 0.255 e. The maximum atomic E-state index is 13.3. The molecule has 2 aromatic heterocycles. The lowest BCUT2D eigenvalue weighted by molar-refractivity contribution is 0.0697. The first-order valence-corrected chi connectivity index (χ1v) is 9.19. The Hall–Kier alpha value is -3.09. The number of nitrogens with zero attached hydrogens (tertiary/aromatic N) is 3. The first-order valence-electron chi connectivity index (χ1n) is 9.19. The largest absolute Gasteiger partial charge is 0.448 e. The fourth-order valence-electron chi connectivity index (χ4n) is 3.46. The molecule has 1 fully saturated rings. The Labute approximate surface area is 161 Å². The molecule has 0 aromatic carbocycles. The number of likely N-dealkylation sites (tertiary alicyclic amines) is 1. The summed E-state index contributed by atoms with van der Waals surface area (Å²) in [5.41, 5.74) is 1.91. The molecule has 1 amide bonds. The van der Waals surface area contributed by atoms with Gasteiger partial charge in [0.2, 0.25) is 5.95 Å². The van der Waals surface area contributed by atoms with Crippen LogP contribution >= 0.6 is 0 Å². The minimum atomic E-state index is -0.613. The van der Waals surface area contributed by atoms with Crippen LogP contribution in [-0.4, -0.2) is 33.9 Å². The average Bonchev–Trinajstić information content (AvgIpc) is 3.11. The molecule has 144 valence electrons. The monoisotopic (exact) mass is 383 g/mol.